The van der Waals surface area contributed by atoms with E-state index in [0.717, 1.165) is 0 Å². The zero-order valence-electron chi connectivity index (χ0n) is 15.1. The van der Waals surface area contributed by atoms with Gasteiger partial charge in [-0.2, -0.15) is 11.1 Å². The third-order valence-corrected chi connectivity index (χ3v) is 4.23. The van der Waals surface area contributed by atoms with Crippen LogP contribution in [0.4, 0.5) is 0 Å². The number of carbonyl (C=O) groups excluding carboxylic acids is 1. The molecular formula is C18H24Cl2NOSiZr. The van der Waals surface area contributed by atoms with Crippen molar-refractivity contribution in [3.8, 4) is 0 Å². The molecule has 6 heteroatoms. The molecule has 1 aliphatic carbocycles. The summed E-state index contributed by atoms with van der Waals surface area (Å²) in [6, 6.07) is 9.16. The predicted molar refractivity (Wildman–Crippen MR) is 90.7 cm³/mol. The van der Waals surface area contributed by atoms with E-state index in [1.54, 1.807) is 12.1 Å². The van der Waals surface area contributed by atoms with Gasteiger partial charge in [0.2, 0.25) is 0 Å². The van der Waals surface area contributed by atoms with Gasteiger partial charge in [0.15, 0.2) is 0 Å². The SMILES string of the molecule is CC1=[C-]C(C)C(C)=C1C.C[Si](C)=NC(=O)c1ccccc1.[Cl-].[Cl-].[Zr+3]. The number of carbonyl (C=O) groups is 1. The maximum Gasteiger partial charge on any atom is 3.00 e. The first kappa shape index (κ1) is 28.6. The van der Waals surface area contributed by atoms with Gasteiger partial charge in [0, 0.05) is 5.56 Å². The van der Waals surface area contributed by atoms with Crippen LogP contribution in [0.3, 0.4) is 0 Å². The van der Waals surface area contributed by atoms with E-state index >= 15 is 0 Å². The van der Waals surface area contributed by atoms with E-state index in [2.05, 4.69) is 38.4 Å². The molecule has 1 unspecified atom stereocenters. The van der Waals surface area contributed by atoms with Crippen LogP contribution >= 0.6 is 0 Å². The van der Waals surface area contributed by atoms with Crippen molar-refractivity contribution in [1.29, 1.82) is 0 Å². The number of benzene rings is 1. The van der Waals surface area contributed by atoms with Gasteiger partial charge < -0.3 is 24.8 Å². The zero-order valence-corrected chi connectivity index (χ0v) is 20.0. The van der Waals surface area contributed by atoms with E-state index in [4.69, 9.17) is 0 Å². The number of halogens is 2. The first-order valence-corrected chi connectivity index (χ1v) is 9.66. The summed E-state index contributed by atoms with van der Waals surface area (Å²) >= 11 is 0. The van der Waals surface area contributed by atoms with Gasteiger partial charge in [0.25, 0.3) is 5.91 Å². The molecule has 1 aliphatic rings. The normalized spacial score (nSPS) is 14.8. The number of rotatable bonds is 1. The van der Waals surface area contributed by atoms with Crippen LogP contribution < -0.4 is 24.8 Å². The molecule has 2 nitrogen and oxygen atoms in total. The van der Waals surface area contributed by atoms with Gasteiger partial charge in [-0.3, -0.25) is 15.5 Å². The molecule has 0 N–H and O–H groups in total. The number of amides is 1. The van der Waals surface area contributed by atoms with Crippen LogP contribution in [0.1, 0.15) is 38.1 Å². The summed E-state index contributed by atoms with van der Waals surface area (Å²) in [5.74, 6) is 0.472. The average molecular weight is 461 g/mol. The second kappa shape index (κ2) is 14.1. The van der Waals surface area contributed by atoms with Crippen molar-refractivity contribution in [1.82, 2.24) is 0 Å². The molecule has 1 amide bonds. The Balaban J connectivity index is -0.000000336. The van der Waals surface area contributed by atoms with Crippen molar-refractivity contribution in [2.45, 2.75) is 40.8 Å². The van der Waals surface area contributed by atoms with E-state index in [-0.39, 0.29) is 56.9 Å². The molecule has 2 rings (SSSR count). The van der Waals surface area contributed by atoms with Gasteiger partial charge in [-0.15, -0.1) is 6.92 Å². The van der Waals surface area contributed by atoms with Gasteiger partial charge >= 0.3 is 26.2 Å². The van der Waals surface area contributed by atoms with Crippen molar-refractivity contribution in [2.75, 3.05) is 0 Å². The van der Waals surface area contributed by atoms with Crippen LogP contribution in [0.15, 0.2) is 51.7 Å². The van der Waals surface area contributed by atoms with Gasteiger partial charge in [0.1, 0.15) is 8.59 Å². The monoisotopic (exact) mass is 458 g/mol. The largest absolute Gasteiger partial charge is 3.00 e. The van der Waals surface area contributed by atoms with E-state index in [1.165, 1.54) is 16.7 Å². The second-order valence-electron chi connectivity index (χ2n) is 5.53. The molecule has 0 aromatic heterocycles. The smallest absolute Gasteiger partial charge is 1.00 e. The molecular weight excluding hydrogens is 436 g/mol. The molecule has 0 bridgehead atoms. The van der Waals surface area contributed by atoms with Crippen LogP contribution in [0, 0.1) is 12.0 Å². The summed E-state index contributed by atoms with van der Waals surface area (Å²) in [6.45, 7) is 12.7. The minimum atomic E-state index is -0.805. The average Bonchev–Trinajstić information content (AvgIpc) is 2.66. The Kier molecular flexibility index (Phi) is 16.8. The Morgan fingerprint density at radius 3 is 1.88 bits per heavy atom. The van der Waals surface area contributed by atoms with Gasteiger partial charge in [-0.1, -0.05) is 44.9 Å². The minimum Gasteiger partial charge on any atom is -1.00 e. The maximum absolute atomic E-state index is 11.3. The molecule has 0 heterocycles. The Labute approximate surface area is 179 Å². The Morgan fingerprint density at radius 1 is 1.08 bits per heavy atom. The topological polar surface area (TPSA) is 29.4 Å². The fourth-order valence-corrected chi connectivity index (χ4v) is 2.55. The van der Waals surface area contributed by atoms with E-state index in [0.29, 0.717) is 11.5 Å². The summed E-state index contributed by atoms with van der Waals surface area (Å²) in [5, 5.41) is 0. The summed E-state index contributed by atoms with van der Waals surface area (Å²) in [6.07, 6.45) is 3.36. The number of nitrogens with zero attached hydrogens (tertiary/aromatic N) is 1. The summed E-state index contributed by atoms with van der Waals surface area (Å²) in [4.78, 5) is 11.3. The molecule has 1 atom stereocenters. The number of hydrogen-bond acceptors (Lipinski definition) is 1. The van der Waals surface area contributed by atoms with Gasteiger partial charge in [-0.25, -0.2) is 5.57 Å². The Bertz CT molecular complexity index is 609. The molecule has 1 aromatic rings. The molecule has 1 aromatic carbocycles. The van der Waals surface area contributed by atoms with Crippen molar-refractivity contribution in [2.24, 2.45) is 10.6 Å². The van der Waals surface area contributed by atoms with Crippen molar-refractivity contribution >= 4 is 14.5 Å². The van der Waals surface area contributed by atoms with Gasteiger partial charge in [0.05, 0.1) is 0 Å². The molecule has 0 saturated carbocycles. The molecule has 0 fully saturated rings. The van der Waals surface area contributed by atoms with Crippen molar-refractivity contribution in [3.63, 3.8) is 0 Å². The summed E-state index contributed by atoms with van der Waals surface area (Å²) < 4.78 is 4.01. The van der Waals surface area contributed by atoms with Crippen LogP contribution in [-0.2, 0) is 26.2 Å². The van der Waals surface area contributed by atoms with E-state index < -0.39 is 8.59 Å². The first-order chi connectivity index (χ1) is 9.82. The minimum absolute atomic E-state index is 0. The third-order valence-electron chi connectivity index (χ3n) is 3.58. The van der Waals surface area contributed by atoms with Crippen LogP contribution in [0.2, 0.25) is 13.1 Å². The fraction of sp³-hybridized carbons (Fsp3) is 0.389. The van der Waals surface area contributed by atoms with E-state index in [1.807, 2.05) is 31.3 Å². The van der Waals surface area contributed by atoms with E-state index in [9.17, 15) is 4.79 Å². The second-order valence-corrected chi connectivity index (χ2v) is 7.65. The zero-order chi connectivity index (χ0) is 16.0. The van der Waals surface area contributed by atoms with Crippen LogP contribution in [0.25, 0.3) is 0 Å². The molecule has 0 saturated heterocycles. The quantitative estimate of drug-likeness (QED) is 0.394. The fourth-order valence-electron chi connectivity index (χ4n) is 2.01. The number of hydrogen-bond donors (Lipinski definition) is 0. The van der Waals surface area contributed by atoms with Crippen molar-refractivity contribution in [3.05, 3.63) is 58.7 Å². The molecule has 24 heavy (non-hydrogen) atoms. The Morgan fingerprint density at radius 2 is 1.58 bits per heavy atom. The molecule has 129 valence electrons. The third kappa shape index (κ3) is 9.36. The maximum atomic E-state index is 11.3. The Hall–Kier alpha value is -0.150. The summed E-state index contributed by atoms with van der Waals surface area (Å²) in [7, 11) is -0.805. The molecule has 0 spiro atoms. The molecule has 1 radical (unpaired) electrons. The summed E-state index contributed by atoms with van der Waals surface area (Å²) in [5.41, 5.74) is 4.93. The predicted octanol–water partition coefficient (Wildman–Crippen LogP) is -0.926. The standard InChI is InChI=1S/C9H11NOSi.C9H13.2ClH.Zr/c1-12(2)10-9(11)8-6-4-3-5-7-8;1-6-5-7(2)9(4)8(6)3;;;/h3-7H,1-2H3;6H,1-4H3;2*1H;/q;-1;;;+3/p-2. The number of allylic oxidation sites excluding steroid dienone is 4. The van der Waals surface area contributed by atoms with Crippen molar-refractivity contribution < 1.29 is 55.8 Å². The van der Waals surface area contributed by atoms with Crippen LogP contribution in [-0.4, -0.2) is 14.5 Å². The van der Waals surface area contributed by atoms with Gasteiger partial charge in [-0.05, 0) is 25.2 Å². The van der Waals surface area contributed by atoms with Crippen LogP contribution in [0.5, 0.6) is 0 Å². The molecule has 0 aliphatic heterocycles. The first-order valence-electron chi connectivity index (χ1n) is 7.22.